The monoisotopic (exact) mass is 510 g/mol. The van der Waals surface area contributed by atoms with Crippen LogP contribution in [0.25, 0.3) is 22.4 Å². The number of imidazole rings is 1. The number of amides is 1. The van der Waals surface area contributed by atoms with Crippen molar-refractivity contribution in [1.29, 1.82) is 0 Å². The molecule has 12 nitrogen and oxygen atoms in total. The molecule has 2 aliphatic heterocycles. The van der Waals surface area contributed by atoms with E-state index >= 15 is 0 Å². The average molecular weight is 511 g/mol. The van der Waals surface area contributed by atoms with Crippen molar-refractivity contribution in [2.24, 2.45) is 11.8 Å². The number of H-pyrrole nitrogens is 1. The van der Waals surface area contributed by atoms with Crippen LogP contribution in [0.1, 0.15) is 34.6 Å². The van der Waals surface area contributed by atoms with E-state index < -0.39 is 10.5 Å². The Morgan fingerprint density at radius 1 is 1.16 bits per heavy atom. The van der Waals surface area contributed by atoms with Crippen molar-refractivity contribution in [2.75, 3.05) is 43.4 Å². The molecule has 2 saturated heterocycles. The van der Waals surface area contributed by atoms with E-state index in [1.807, 2.05) is 34.6 Å². The van der Waals surface area contributed by atoms with Crippen LogP contribution in [0, 0.1) is 22.0 Å². The summed E-state index contributed by atoms with van der Waals surface area (Å²) in [6.07, 6.45) is 1.27. The number of hydrogen-bond donors (Lipinski definition) is 2. The molecule has 4 heterocycles. The van der Waals surface area contributed by atoms with Gasteiger partial charge in [-0.15, -0.1) is 0 Å². The lowest BCUT2D eigenvalue weighted by atomic mass is 10.0. The van der Waals surface area contributed by atoms with Crippen LogP contribution in [0.2, 0.25) is 0 Å². The van der Waals surface area contributed by atoms with Gasteiger partial charge in [0, 0.05) is 56.7 Å². The fourth-order valence-electron chi connectivity index (χ4n) is 4.85. The molecule has 2 fully saturated rings. The molecular formula is C25H34N8O4. The van der Waals surface area contributed by atoms with E-state index in [1.54, 1.807) is 30.4 Å². The summed E-state index contributed by atoms with van der Waals surface area (Å²) < 4.78 is 5.53. The Labute approximate surface area is 215 Å². The Hall–Kier alpha value is -3.96. The molecule has 2 aromatic heterocycles. The van der Waals surface area contributed by atoms with E-state index in [9.17, 15) is 14.9 Å². The van der Waals surface area contributed by atoms with Gasteiger partial charge in [0.25, 0.3) is 5.69 Å². The van der Waals surface area contributed by atoms with Crippen LogP contribution >= 0.6 is 0 Å². The molecule has 1 amide bonds. The highest BCUT2D eigenvalue weighted by molar-refractivity contribution is 5.89. The standard InChI is InChI=1S/C23H28N8O4.C2H6/c1-23(2,3)35-22(32)30-10-14-8-29(9-15(14)11-30)21-27-18(19-20(28-21)26-12-25-19)13-5-6-16(24-4)17(7-13)31(33)34;1-2/h5-7,12,14-15,24H,8-11H2,1-4H3,(H,25,26,27,28);1-2H3. The number of nitrogens with one attached hydrogen (secondary N) is 2. The molecule has 1 aromatic carbocycles. The maximum absolute atomic E-state index is 12.5. The molecule has 0 radical (unpaired) electrons. The number of nitro groups is 1. The van der Waals surface area contributed by atoms with Crippen molar-refractivity contribution >= 4 is 34.6 Å². The summed E-state index contributed by atoms with van der Waals surface area (Å²) in [6.45, 7) is 12.3. The number of fused-ring (bicyclic) bond motifs is 2. The van der Waals surface area contributed by atoms with Crippen molar-refractivity contribution < 1.29 is 14.5 Å². The molecule has 2 atom stereocenters. The molecule has 0 aliphatic carbocycles. The molecule has 5 rings (SSSR count). The number of ether oxygens (including phenoxy) is 1. The number of aromatic nitrogens is 4. The van der Waals surface area contributed by atoms with Gasteiger partial charge in [0.05, 0.1) is 11.3 Å². The van der Waals surface area contributed by atoms with Crippen LogP contribution in [-0.2, 0) is 4.74 Å². The number of likely N-dealkylation sites (tertiary alicyclic amines) is 1. The zero-order valence-corrected chi connectivity index (χ0v) is 22.1. The van der Waals surface area contributed by atoms with Crippen LogP contribution in [-0.4, -0.2) is 74.7 Å². The Kier molecular flexibility index (Phi) is 7.19. The second-order valence-corrected chi connectivity index (χ2v) is 10.0. The number of carbonyl (C=O) groups is 1. The van der Waals surface area contributed by atoms with E-state index in [4.69, 9.17) is 9.72 Å². The second kappa shape index (κ2) is 10.2. The summed E-state index contributed by atoms with van der Waals surface area (Å²) in [7, 11) is 1.64. The van der Waals surface area contributed by atoms with E-state index in [0.717, 1.165) is 0 Å². The Morgan fingerprint density at radius 3 is 2.43 bits per heavy atom. The van der Waals surface area contributed by atoms with Gasteiger partial charge in [0.2, 0.25) is 5.95 Å². The first-order valence-corrected chi connectivity index (χ1v) is 12.5. The minimum atomic E-state index is -0.523. The van der Waals surface area contributed by atoms with Gasteiger partial charge in [-0.05, 0) is 26.8 Å². The van der Waals surface area contributed by atoms with Gasteiger partial charge in [0.1, 0.15) is 22.5 Å². The third kappa shape index (κ3) is 5.27. The van der Waals surface area contributed by atoms with Crippen molar-refractivity contribution in [2.45, 2.75) is 40.2 Å². The van der Waals surface area contributed by atoms with Crippen LogP contribution in [0.5, 0.6) is 0 Å². The highest BCUT2D eigenvalue weighted by Crippen LogP contribution is 2.36. The number of rotatable bonds is 4. The van der Waals surface area contributed by atoms with Crippen molar-refractivity contribution in [3.05, 3.63) is 34.6 Å². The van der Waals surface area contributed by atoms with Crippen LogP contribution in [0.3, 0.4) is 0 Å². The zero-order chi connectivity index (χ0) is 26.9. The first-order valence-electron chi connectivity index (χ1n) is 12.5. The predicted octanol–water partition coefficient (Wildman–Crippen LogP) is 4.30. The smallest absolute Gasteiger partial charge is 0.410 e. The number of nitro benzene ring substituents is 1. The molecule has 198 valence electrons. The predicted molar refractivity (Wildman–Crippen MR) is 142 cm³/mol. The summed E-state index contributed by atoms with van der Waals surface area (Å²) in [4.78, 5) is 44.4. The molecule has 2 N–H and O–H groups in total. The summed E-state index contributed by atoms with van der Waals surface area (Å²) in [5, 5.41) is 14.4. The van der Waals surface area contributed by atoms with Crippen molar-refractivity contribution in [3.63, 3.8) is 0 Å². The molecule has 3 aromatic rings. The molecule has 0 spiro atoms. The second-order valence-electron chi connectivity index (χ2n) is 10.0. The summed E-state index contributed by atoms with van der Waals surface area (Å²) in [5.74, 6) is 1.11. The lowest BCUT2D eigenvalue weighted by Crippen LogP contribution is -2.37. The molecular weight excluding hydrogens is 476 g/mol. The molecule has 12 heteroatoms. The van der Waals surface area contributed by atoms with Crippen LogP contribution in [0.4, 0.5) is 22.1 Å². The first-order chi connectivity index (χ1) is 17.6. The Bertz CT molecular complexity index is 1290. The summed E-state index contributed by atoms with van der Waals surface area (Å²) in [6, 6.07) is 4.97. The Morgan fingerprint density at radius 2 is 1.84 bits per heavy atom. The molecule has 0 bridgehead atoms. The van der Waals surface area contributed by atoms with E-state index in [2.05, 4.69) is 25.2 Å². The summed E-state index contributed by atoms with van der Waals surface area (Å²) in [5.41, 5.74) is 2.15. The molecule has 2 aliphatic rings. The third-order valence-electron chi connectivity index (χ3n) is 6.43. The van der Waals surface area contributed by atoms with Gasteiger partial charge in [-0.3, -0.25) is 10.1 Å². The zero-order valence-electron chi connectivity index (χ0n) is 22.1. The number of hydrogen-bond acceptors (Lipinski definition) is 9. The van der Waals surface area contributed by atoms with Crippen LogP contribution < -0.4 is 10.2 Å². The highest BCUT2D eigenvalue weighted by Gasteiger charge is 2.43. The largest absolute Gasteiger partial charge is 0.444 e. The van der Waals surface area contributed by atoms with Crippen molar-refractivity contribution in [3.8, 4) is 11.3 Å². The van der Waals surface area contributed by atoms with Gasteiger partial charge < -0.3 is 24.8 Å². The van der Waals surface area contributed by atoms with Gasteiger partial charge in [-0.2, -0.15) is 4.98 Å². The Balaban J connectivity index is 0.00000156. The van der Waals surface area contributed by atoms with Gasteiger partial charge >= 0.3 is 6.09 Å². The number of aromatic amines is 1. The number of benzene rings is 1. The number of nitrogens with zero attached hydrogens (tertiary/aromatic N) is 6. The van der Waals surface area contributed by atoms with E-state index in [0.29, 0.717) is 72.1 Å². The molecule has 0 saturated carbocycles. The normalized spacial score (nSPS) is 18.9. The number of carbonyl (C=O) groups excluding carboxylic acids is 1. The third-order valence-corrected chi connectivity index (χ3v) is 6.43. The van der Waals surface area contributed by atoms with Crippen molar-refractivity contribution in [1.82, 2.24) is 24.8 Å². The lowest BCUT2D eigenvalue weighted by Gasteiger charge is -2.26. The summed E-state index contributed by atoms with van der Waals surface area (Å²) >= 11 is 0. The van der Waals surface area contributed by atoms with E-state index in [1.165, 1.54) is 6.07 Å². The fraction of sp³-hybridized carbons (Fsp3) is 0.520. The maximum atomic E-state index is 12.5. The lowest BCUT2D eigenvalue weighted by molar-refractivity contribution is -0.383. The SMILES string of the molecule is CC.CNc1ccc(-c2nc(N3CC4CN(C(=O)OC(C)(C)C)CC4C3)nc3nc[nH]c23)cc1[N+](=O)[O-]. The molecule has 37 heavy (non-hydrogen) atoms. The van der Waals surface area contributed by atoms with Gasteiger partial charge in [-0.1, -0.05) is 19.9 Å². The van der Waals surface area contributed by atoms with E-state index in [-0.39, 0.29) is 11.8 Å². The fourth-order valence-corrected chi connectivity index (χ4v) is 4.85. The highest BCUT2D eigenvalue weighted by atomic mass is 16.6. The first kappa shape index (κ1) is 26.1. The minimum absolute atomic E-state index is 0.0317. The minimum Gasteiger partial charge on any atom is -0.444 e. The van der Waals surface area contributed by atoms with Crippen LogP contribution in [0.15, 0.2) is 24.5 Å². The molecule has 2 unspecified atom stereocenters. The number of anilines is 2. The maximum Gasteiger partial charge on any atom is 0.410 e. The van der Waals surface area contributed by atoms with Gasteiger partial charge in [0.15, 0.2) is 5.65 Å². The quantitative estimate of drug-likeness (QED) is 0.388. The van der Waals surface area contributed by atoms with Gasteiger partial charge in [-0.25, -0.2) is 14.8 Å². The average Bonchev–Trinajstić information content (AvgIpc) is 3.58. The topological polar surface area (TPSA) is 142 Å².